The van der Waals surface area contributed by atoms with E-state index in [1.165, 1.54) is 22.0 Å². The van der Waals surface area contributed by atoms with Gasteiger partial charge in [-0.15, -0.1) is 0 Å². The van der Waals surface area contributed by atoms with Crippen LogP contribution in [-0.4, -0.2) is 51.6 Å². The highest BCUT2D eigenvalue weighted by Gasteiger charge is 2.39. The predicted octanol–water partition coefficient (Wildman–Crippen LogP) is 3.20. The van der Waals surface area contributed by atoms with Crippen molar-refractivity contribution in [2.24, 2.45) is 5.92 Å². The smallest absolute Gasteiger partial charge is 0.356 e. The van der Waals surface area contributed by atoms with Gasteiger partial charge in [0.2, 0.25) is 0 Å². The van der Waals surface area contributed by atoms with Crippen molar-refractivity contribution >= 4 is 16.9 Å². The maximum absolute atomic E-state index is 12.2. The summed E-state index contributed by atoms with van der Waals surface area (Å²) in [6.45, 7) is 4.02. The molecular weight excluding hydrogens is 352 g/mol. The molecule has 0 amide bonds. The molecule has 0 unspecified atom stereocenters. The van der Waals surface area contributed by atoms with Crippen LogP contribution in [-0.2, 0) is 17.7 Å². The standard InChI is InChI=1S/C22H26N4O2/c1-3-28-22(27)20-10-23-13-26(20)12-14-7-17-16-5-4-6-18-21(16)15(9-24-18)8-19(17)25(2)11-14/h4-6,9-10,13-14,17,19,24H,3,7-8,11-12H2,1-2H3/t14-,17-,19-/m1/s1. The molecule has 28 heavy (non-hydrogen) atoms. The second kappa shape index (κ2) is 6.78. The Labute approximate surface area is 164 Å². The van der Waals surface area contributed by atoms with E-state index in [0.717, 1.165) is 25.9 Å². The number of carbonyl (C=O) groups is 1. The predicted molar refractivity (Wildman–Crippen MR) is 107 cm³/mol. The maximum Gasteiger partial charge on any atom is 0.356 e. The quantitative estimate of drug-likeness (QED) is 0.708. The van der Waals surface area contributed by atoms with Gasteiger partial charge < -0.3 is 19.2 Å². The Balaban J connectivity index is 1.42. The molecule has 0 saturated carbocycles. The van der Waals surface area contributed by atoms with Crippen LogP contribution in [0, 0.1) is 5.92 Å². The van der Waals surface area contributed by atoms with Gasteiger partial charge in [-0.2, -0.15) is 0 Å². The second-order valence-electron chi connectivity index (χ2n) is 8.15. The fourth-order valence-corrected chi connectivity index (χ4v) is 5.31. The van der Waals surface area contributed by atoms with Crippen LogP contribution in [0.1, 0.15) is 40.9 Å². The summed E-state index contributed by atoms with van der Waals surface area (Å²) in [6.07, 6.45) is 7.77. The number of esters is 1. The van der Waals surface area contributed by atoms with E-state index in [9.17, 15) is 4.79 Å². The lowest BCUT2D eigenvalue weighted by Gasteiger charge is -2.45. The Bertz CT molecular complexity index is 1020. The van der Waals surface area contributed by atoms with Crippen LogP contribution in [0.5, 0.6) is 0 Å². The van der Waals surface area contributed by atoms with Crippen LogP contribution >= 0.6 is 0 Å². The molecule has 5 rings (SSSR count). The van der Waals surface area contributed by atoms with Crippen LogP contribution in [0.2, 0.25) is 0 Å². The van der Waals surface area contributed by atoms with E-state index in [1.54, 1.807) is 12.5 Å². The van der Waals surface area contributed by atoms with Gasteiger partial charge in [0.15, 0.2) is 0 Å². The Hall–Kier alpha value is -2.60. The number of H-pyrrole nitrogens is 1. The number of ether oxygens (including phenoxy) is 1. The molecule has 1 aromatic carbocycles. The molecule has 146 valence electrons. The van der Waals surface area contributed by atoms with Crippen LogP contribution < -0.4 is 0 Å². The van der Waals surface area contributed by atoms with Crippen LogP contribution in [0.3, 0.4) is 0 Å². The molecule has 0 spiro atoms. The summed E-state index contributed by atoms with van der Waals surface area (Å²) in [4.78, 5) is 22.3. The summed E-state index contributed by atoms with van der Waals surface area (Å²) < 4.78 is 7.14. The minimum absolute atomic E-state index is 0.290. The zero-order chi connectivity index (χ0) is 19.3. The van der Waals surface area contributed by atoms with Crippen molar-refractivity contribution in [2.75, 3.05) is 20.2 Å². The number of likely N-dealkylation sites (N-methyl/N-ethyl adjacent to an activating group) is 1. The maximum atomic E-state index is 12.2. The SMILES string of the molecule is CCOC(=O)c1cncn1C[C@@H]1C[C@@H]2c3cccc4[nH]cc(c34)C[C@H]2N(C)C1. The molecule has 1 saturated heterocycles. The highest BCUT2D eigenvalue weighted by molar-refractivity contribution is 5.88. The number of benzene rings is 1. The number of hydrogen-bond acceptors (Lipinski definition) is 4. The van der Waals surface area contributed by atoms with Crippen LogP contribution in [0.25, 0.3) is 10.9 Å². The Morgan fingerprint density at radius 1 is 1.39 bits per heavy atom. The topological polar surface area (TPSA) is 63.1 Å². The molecule has 1 aliphatic carbocycles. The number of imidazole rings is 1. The van der Waals surface area contributed by atoms with Gasteiger partial charge in [-0.1, -0.05) is 12.1 Å². The lowest BCUT2D eigenvalue weighted by atomic mass is 9.72. The number of aromatic amines is 1. The monoisotopic (exact) mass is 378 g/mol. The lowest BCUT2D eigenvalue weighted by Crippen LogP contribution is -2.48. The average Bonchev–Trinajstić information content (AvgIpc) is 3.31. The van der Waals surface area contributed by atoms with Gasteiger partial charge in [-0.05, 0) is 49.9 Å². The molecule has 6 heteroatoms. The van der Waals surface area contributed by atoms with Crippen molar-refractivity contribution in [1.29, 1.82) is 0 Å². The van der Waals surface area contributed by atoms with Crippen molar-refractivity contribution < 1.29 is 9.53 Å². The summed E-state index contributed by atoms with van der Waals surface area (Å²) in [5, 5.41) is 1.42. The molecule has 2 aliphatic rings. The van der Waals surface area contributed by atoms with E-state index in [-0.39, 0.29) is 5.97 Å². The van der Waals surface area contributed by atoms with Gasteiger partial charge in [0.1, 0.15) is 5.69 Å². The molecule has 0 radical (unpaired) electrons. The van der Waals surface area contributed by atoms with Crippen molar-refractivity contribution in [1.82, 2.24) is 19.4 Å². The third-order valence-corrected chi connectivity index (χ3v) is 6.46. The minimum atomic E-state index is -0.290. The first-order valence-electron chi connectivity index (χ1n) is 10.1. The zero-order valence-electron chi connectivity index (χ0n) is 16.4. The lowest BCUT2D eigenvalue weighted by molar-refractivity contribution is 0.0508. The number of piperidine rings is 1. The van der Waals surface area contributed by atoms with Gasteiger partial charge >= 0.3 is 5.97 Å². The number of hydrogen-bond donors (Lipinski definition) is 1. The first-order valence-corrected chi connectivity index (χ1v) is 10.1. The van der Waals surface area contributed by atoms with Crippen molar-refractivity contribution in [2.45, 2.75) is 38.3 Å². The first-order chi connectivity index (χ1) is 13.7. The van der Waals surface area contributed by atoms with E-state index in [2.05, 4.69) is 46.3 Å². The number of likely N-dealkylation sites (tertiary alicyclic amines) is 1. The molecule has 3 aromatic rings. The third-order valence-electron chi connectivity index (χ3n) is 6.46. The Kier molecular flexibility index (Phi) is 4.23. The summed E-state index contributed by atoms with van der Waals surface area (Å²) >= 11 is 0. The number of carbonyl (C=O) groups excluding carboxylic acids is 1. The van der Waals surface area contributed by atoms with E-state index >= 15 is 0 Å². The van der Waals surface area contributed by atoms with Crippen molar-refractivity contribution in [3.8, 4) is 0 Å². The largest absolute Gasteiger partial charge is 0.461 e. The van der Waals surface area contributed by atoms with Gasteiger partial charge in [0, 0.05) is 42.1 Å². The molecule has 1 aliphatic heterocycles. The van der Waals surface area contributed by atoms with Crippen molar-refractivity contribution in [3.05, 3.63) is 53.7 Å². The molecular formula is C22H26N4O2. The third kappa shape index (κ3) is 2.75. The molecule has 1 fully saturated rings. The van der Waals surface area contributed by atoms with E-state index in [1.807, 2.05) is 11.5 Å². The number of nitrogens with one attached hydrogen (secondary N) is 1. The normalized spacial score (nSPS) is 24.3. The van der Waals surface area contributed by atoms with Crippen LogP contribution in [0.4, 0.5) is 0 Å². The van der Waals surface area contributed by atoms with E-state index in [4.69, 9.17) is 4.74 Å². The summed E-state index contributed by atoms with van der Waals surface area (Å²) in [7, 11) is 2.24. The van der Waals surface area contributed by atoms with E-state index in [0.29, 0.717) is 30.2 Å². The molecule has 3 atom stereocenters. The summed E-state index contributed by atoms with van der Waals surface area (Å²) in [5.74, 6) is 0.691. The first kappa shape index (κ1) is 17.5. The zero-order valence-corrected chi connectivity index (χ0v) is 16.4. The van der Waals surface area contributed by atoms with Gasteiger partial charge in [0.05, 0.1) is 19.1 Å². The average molecular weight is 378 g/mol. The number of fused-ring (bicyclic) bond motifs is 2. The minimum Gasteiger partial charge on any atom is -0.461 e. The van der Waals surface area contributed by atoms with E-state index < -0.39 is 0 Å². The van der Waals surface area contributed by atoms with Crippen molar-refractivity contribution in [3.63, 3.8) is 0 Å². The molecule has 1 N–H and O–H groups in total. The number of nitrogens with zero attached hydrogens (tertiary/aromatic N) is 3. The molecule has 2 aromatic heterocycles. The highest BCUT2D eigenvalue weighted by Crippen LogP contribution is 2.44. The van der Waals surface area contributed by atoms with Gasteiger partial charge in [0.25, 0.3) is 0 Å². The fraction of sp³-hybridized carbons (Fsp3) is 0.455. The number of aromatic nitrogens is 3. The van der Waals surface area contributed by atoms with Gasteiger partial charge in [-0.25, -0.2) is 9.78 Å². The Morgan fingerprint density at radius 2 is 2.29 bits per heavy atom. The highest BCUT2D eigenvalue weighted by atomic mass is 16.5. The second-order valence-corrected chi connectivity index (χ2v) is 8.15. The Morgan fingerprint density at radius 3 is 3.14 bits per heavy atom. The summed E-state index contributed by atoms with van der Waals surface area (Å²) in [5.41, 5.74) is 4.70. The summed E-state index contributed by atoms with van der Waals surface area (Å²) in [6, 6.07) is 7.17. The van der Waals surface area contributed by atoms with Crippen LogP contribution in [0.15, 0.2) is 36.9 Å². The molecule has 6 nitrogen and oxygen atoms in total. The molecule has 0 bridgehead atoms. The fourth-order valence-electron chi connectivity index (χ4n) is 5.31. The number of rotatable bonds is 4. The van der Waals surface area contributed by atoms with Gasteiger partial charge in [-0.3, -0.25) is 0 Å². The molecule has 3 heterocycles.